The predicted octanol–water partition coefficient (Wildman–Crippen LogP) is -1.23. The molecule has 5 nitrogen and oxygen atoms in total. The van der Waals surface area contributed by atoms with Crippen LogP contribution in [0.25, 0.3) is 0 Å². The molecule has 2 N–H and O–H groups in total. The molecule has 0 saturated carbocycles. The number of hydrogen-bond acceptors (Lipinski definition) is 3. The van der Waals surface area contributed by atoms with Crippen LogP contribution in [0.4, 0.5) is 0 Å². The Hall–Kier alpha value is -2.05. The second-order valence-electron chi connectivity index (χ2n) is 4.67. The van der Waals surface area contributed by atoms with Crippen LogP contribution in [0, 0.1) is 0 Å². The van der Waals surface area contributed by atoms with Gasteiger partial charge in [0.05, 0.1) is 6.61 Å². The molecule has 2 rings (SSSR count). The van der Waals surface area contributed by atoms with E-state index in [-0.39, 0.29) is 40.3 Å². The maximum atomic E-state index is 12.4. The summed E-state index contributed by atoms with van der Waals surface area (Å²) < 4.78 is 6.69. The van der Waals surface area contributed by atoms with Gasteiger partial charge >= 0.3 is 5.97 Å². The Morgan fingerprint density at radius 1 is 1.09 bits per heavy atom. The van der Waals surface area contributed by atoms with Crippen LogP contribution in [0.3, 0.4) is 0 Å². The highest BCUT2D eigenvalue weighted by Crippen LogP contribution is 2.09. The van der Waals surface area contributed by atoms with Gasteiger partial charge in [-0.1, -0.05) is 30.3 Å². The van der Waals surface area contributed by atoms with E-state index in [0.717, 1.165) is 0 Å². The first-order valence-corrected chi connectivity index (χ1v) is 6.90. The second-order valence-corrected chi connectivity index (χ2v) is 4.67. The smallest absolute Gasteiger partial charge is 0.344 e. The van der Waals surface area contributed by atoms with Gasteiger partial charge < -0.3 is 27.2 Å². The molecule has 0 aliphatic rings. The highest BCUT2D eigenvalue weighted by atomic mass is 79.9. The van der Waals surface area contributed by atoms with Crippen molar-refractivity contribution >= 4 is 11.8 Å². The summed E-state index contributed by atoms with van der Waals surface area (Å²) in [7, 11) is 0. The summed E-state index contributed by atoms with van der Waals surface area (Å²) in [4.78, 5) is 24.2. The topological polar surface area (TPSA) is 78.8 Å². The molecule has 0 saturated heterocycles. The van der Waals surface area contributed by atoms with Gasteiger partial charge in [0.15, 0.2) is 12.4 Å². The van der Waals surface area contributed by atoms with Crippen LogP contribution in [-0.2, 0) is 4.74 Å². The van der Waals surface area contributed by atoms with Gasteiger partial charge in [0.2, 0.25) is 11.8 Å². The number of rotatable bonds is 5. The molecule has 0 aliphatic heterocycles. The van der Waals surface area contributed by atoms with Crippen molar-refractivity contribution in [3.8, 4) is 0 Å². The molecule has 1 heterocycles. The monoisotopic (exact) mass is 381 g/mol. The average molecular weight is 382 g/mol. The first-order valence-electron chi connectivity index (χ1n) is 6.90. The number of ether oxygens (including phenoxy) is 1. The SMILES string of the molecule is CCOC(=O)c1ccc[n+](C(C)C(=O)c2ccccc2)c1.O.[Br-]. The lowest BCUT2D eigenvalue weighted by atomic mass is 10.1. The maximum absolute atomic E-state index is 12.4. The molecule has 1 aromatic carbocycles. The number of halogens is 1. The molecule has 0 fully saturated rings. The minimum atomic E-state index is -0.387. The van der Waals surface area contributed by atoms with Crippen molar-refractivity contribution in [3.63, 3.8) is 0 Å². The van der Waals surface area contributed by atoms with E-state index < -0.39 is 0 Å². The fourth-order valence-electron chi connectivity index (χ4n) is 2.05. The van der Waals surface area contributed by atoms with Gasteiger partial charge in [-0.3, -0.25) is 4.79 Å². The van der Waals surface area contributed by atoms with Crippen molar-refractivity contribution in [1.29, 1.82) is 0 Å². The highest BCUT2D eigenvalue weighted by Gasteiger charge is 2.24. The number of pyridine rings is 1. The summed E-state index contributed by atoms with van der Waals surface area (Å²) in [5.74, 6) is -0.382. The first-order chi connectivity index (χ1) is 10.1. The van der Waals surface area contributed by atoms with Crippen molar-refractivity contribution in [3.05, 3.63) is 66.0 Å². The Morgan fingerprint density at radius 3 is 2.30 bits per heavy atom. The van der Waals surface area contributed by atoms with E-state index in [9.17, 15) is 9.59 Å². The van der Waals surface area contributed by atoms with Gasteiger partial charge in [-0.15, -0.1) is 0 Å². The summed E-state index contributed by atoms with van der Waals surface area (Å²) in [5.41, 5.74) is 1.09. The number of Topliss-reactive ketones (excluding diaryl/α,β-unsaturated/α-hetero) is 1. The number of carbonyl (C=O) groups is 2. The Balaban J connectivity index is 0.00000242. The van der Waals surface area contributed by atoms with Crippen LogP contribution in [0.2, 0.25) is 0 Å². The van der Waals surface area contributed by atoms with E-state index in [1.54, 1.807) is 48.1 Å². The van der Waals surface area contributed by atoms with E-state index in [2.05, 4.69) is 0 Å². The molecule has 6 heteroatoms. The van der Waals surface area contributed by atoms with Crippen molar-refractivity contribution < 1.29 is 41.4 Å². The van der Waals surface area contributed by atoms with Gasteiger partial charge in [0.1, 0.15) is 5.56 Å². The second kappa shape index (κ2) is 9.86. The Morgan fingerprint density at radius 2 is 1.70 bits per heavy atom. The molecular weight excluding hydrogens is 362 g/mol. The number of esters is 1. The van der Waals surface area contributed by atoms with Crippen LogP contribution in [-0.4, -0.2) is 23.8 Å². The fraction of sp³-hybridized carbons (Fsp3) is 0.235. The minimum Gasteiger partial charge on any atom is -1.00 e. The molecule has 0 radical (unpaired) electrons. The first kappa shape index (κ1) is 20.9. The van der Waals surface area contributed by atoms with Crippen molar-refractivity contribution in [2.24, 2.45) is 0 Å². The molecule has 1 atom stereocenters. The van der Waals surface area contributed by atoms with Gasteiger partial charge in [-0.05, 0) is 13.0 Å². The zero-order chi connectivity index (χ0) is 15.2. The lowest BCUT2D eigenvalue weighted by Gasteiger charge is -2.07. The summed E-state index contributed by atoms with van der Waals surface area (Å²) in [6, 6.07) is 12.1. The van der Waals surface area contributed by atoms with Crippen LogP contribution >= 0.6 is 0 Å². The molecule has 2 aromatic rings. The summed E-state index contributed by atoms with van der Waals surface area (Å²) in [6.07, 6.45) is 3.41. The molecule has 0 bridgehead atoms. The number of aromatic nitrogens is 1. The quantitative estimate of drug-likeness (QED) is 0.369. The Labute approximate surface area is 146 Å². The van der Waals surface area contributed by atoms with Gasteiger partial charge in [-0.25, -0.2) is 4.79 Å². The van der Waals surface area contributed by atoms with E-state index in [1.807, 2.05) is 25.1 Å². The molecule has 0 spiro atoms. The third kappa shape index (κ3) is 5.26. The molecule has 1 unspecified atom stereocenters. The van der Waals surface area contributed by atoms with Crippen LogP contribution in [0.1, 0.15) is 40.6 Å². The number of benzene rings is 1. The van der Waals surface area contributed by atoms with Crippen LogP contribution in [0.5, 0.6) is 0 Å². The number of nitrogens with zero attached hydrogens (tertiary/aromatic N) is 1. The van der Waals surface area contributed by atoms with Gasteiger partial charge in [0.25, 0.3) is 0 Å². The molecule has 23 heavy (non-hydrogen) atoms. The van der Waals surface area contributed by atoms with Crippen molar-refractivity contribution in [1.82, 2.24) is 0 Å². The molecule has 0 amide bonds. The molecule has 124 valence electrons. The molecule has 1 aromatic heterocycles. The zero-order valence-electron chi connectivity index (χ0n) is 13.0. The Bertz CT molecular complexity index is 646. The van der Waals surface area contributed by atoms with Crippen molar-refractivity contribution in [2.45, 2.75) is 19.9 Å². The number of hydrogen-bond donors (Lipinski definition) is 0. The predicted molar refractivity (Wildman–Crippen MR) is 81.7 cm³/mol. The highest BCUT2D eigenvalue weighted by molar-refractivity contribution is 5.97. The van der Waals surface area contributed by atoms with E-state index in [4.69, 9.17) is 4.74 Å². The minimum absolute atomic E-state index is 0. The largest absolute Gasteiger partial charge is 1.00 e. The zero-order valence-corrected chi connectivity index (χ0v) is 14.6. The Kier molecular flexibility index (Phi) is 8.98. The third-order valence-corrected chi connectivity index (χ3v) is 3.22. The van der Waals surface area contributed by atoms with E-state index in [0.29, 0.717) is 17.7 Å². The summed E-state index contributed by atoms with van der Waals surface area (Å²) in [5, 5.41) is 0. The number of carbonyl (C=O) groups excluding carboxylic acids is 2. The maximum Gasteiger partial charge on any atom is 0.344 e. The molecule has 0 aliphatic carbocycles. The lowest BCUT2D eigenvalue weighted by molar-refractivity contribution is -0.704. The van der Waals surface area contributed by atoms with E-state index >= 15 is 0 Å². The average Bonchev–Trinajstić information content (AvgIpc) is 2.54. The third-order valence-electron chi connectivity index (χ3n) is 3.22. The lowest BCUT2D eigenvalue weighted by Crippen LogP contribution is -3.00. The standard InChI is InChI=1S/C17H18NO3.BrH.H2O/c1-3-21-17(20)15-10-7-11-18(12-15)13(2)16(19)14-8-5-4-6-9-14;;/h4-13H,3H2,1-2H3;1H;1H2/q+1;;/p-1. The summed E-state index contributed by atoms with van der Waals surface area (Å²) in [6.45, 7) is 3.90. The number of ketones is 1. The van der Waals surface area contributed by atoms with Crippen LogP contribution < -0.4 is 21.5 Å². The van der Waals surface area contributed by atoms with Gasteiger partial charge in [-0.2, -0.15) is 4.57 Å². The molecular formula is C17H20BrNO4. The normalized spacial score (nSPS) is 10.7. The van der Waals surface area contributed by atoms with E-state index in [1.165, 1.54) is 0 Å². The fourth-order valence-corrected chi connectivity index (χ4v) is 2.05. The van der Waals surface area contributed by atoms with Crippen LogP contribution in [0.15, 0.2) is 54.9 Å². The van der Waals surface area contributed by atoms with Gasteiger partial charge in [0, 0.05) is 18.6 Å². The summed E-state index contributed by atoms with van der Waals surface area (Å²) >= 11 is 0. The van der Waals surface area contributed by atoms with Crippen molar-refractivity contribution in [2.75, 3.05) is 6.61 Å².